The lowest BCUT2D eigenvalue weighted by Crippen LogP contribution is -2.64. The molecule has 0 spiro atoms. The zero-order valence-electron chi connectivity index (χ0n) is 13.9. The van der Waals surface area contributed by atoms with Gasteiger partial charge in [0.1, 0.15) is 11.6 Å². The lowest BCUT2D eigenvalue weighted by molar-refractivity contribution is -0.224. The lowest BCUT2D eigenvalue weighted by atomic mass is 9.75. The van der Waals surface area contributed by atoms with E-state index in [1.807, 2.05) is 35.2 Å². The van der Waals surface area contributed by atoms with Crippen molar-refractivity contribution < 1.29 is 18.7 Å². The second-order valence-electron chi connectivity index (χ2n) is 6.81. The van der Waals surface area contributed by atoms with Crippen molar-refractivity contribution in [3.63, 3.8) is 0 Å². The predicted molar refractivity (Wildman–Crippen MR) is 86.6 cm³/mol. The molecule has 0 aromatic heterocycles. The van der Waals surface area contributed by atoms with Gasteiger partial charge in [0.25, 0.3) is 5.91 Å². The van der Waals surface area contributed by atoms with E-state index in [0.29, 0.717) is 19.5 Å². The molecule has 25 heavy (non-hydrogen) atoms. The number of carbonyl (C=O) groups is 1. The molecule has 1 aliphatic carbocycles. The number of hydrogen-bond donors (Lipinski definition) is 1. The minimum atomic E-state index is -3.80. The van der Waals surface area contributed by atoms with Gasteiger partial charge in [-0.15, -0.1) is 0 Å². The standard InChI is InChI=1S/C18H21F2N3O2/c19-18(20,17(25)7-4-8-17)16(24)23-10-9-22(15(11-21)13-23)12-14-5-2-1-3-6-14/h1-3,5-6,15,25H,4,7-10,12-13H2. The molecule has 2 fully saturated rings. The summed E-state index contributed by atoms with van der Waals surface area (Å²) in [7, 11) is 0. The van der Waals surface area contributed by atoms with Crippen molar-refractivity contribution in [2.24, 2.45) is 0 Å². The van der Waals surface area contributed by atoms with Crippen LogP contribution in [-0.2, 0) is 11.3 Å². The third-order valence-corrected chi connectivity index (χ3v) is 5.19. The van der Waals surface area contributed by atoms with Crippen molar-refractivity contribution in [1.82, 2.24) is 9.80 Å². The zero-order valence-corrected chi connectivity index (χ0v) is 13.9. The average molecular weight is 349 g/mol. The van der Waals surface area contributed by atoms with Gasteiger partial charge in [-0.1, -0.05) is 30.3 Å². The van der Waals surface area contributed by atoms with Crippen LogP contribution in [0.15, 0.2) is 30.3 Å². The summed E-state index contributed by atoms with van der Waals surface area (Å²) in [5, 5.41) is 19.3. The van der Waals surface area contributed by atoms with Gasteiger partial charge in [0.05, 0.1) is 6.07 Å². The van der Waals surface area contributed by atoms with Crippen molar-refractivity contribution in [2.75, 3.05) is 19.6 Å². The van der Waals surface area contributed by atoms with Gasteiger partial charge in [-0.25, -0.2) is 0 Å². The Morgan fingerprint density at radius 3 is 2.56 bits per heavy atom. The maximum Gasteiger partial charge on any atom is 0.352 e. The molecule has 1 saturated heterocycles. The summed E-state index contributed by atoms with van der Waals surface area (Å²) in [4.78, 5) is 15.2. The molecule has 1 heterocycles. The van der Waals surface area contributed by atoms with Crippen LogP contribution in [0.2, 0.25) is 0 Å². The summed E-state index contributed by atoms with van der Waals surface area (Å²) in [6.45, 7) is 0.915. The van der Waals surface area contributed by atoms with Crippen molar-refractivity contribution in [3.05, 3.63) is 35.9 Å². The molecule has 1 saturated carbocycles. The van der Waals surface area contributed by atoms with Crippen LogP contribution >= 0.6 is 0 Å². The quantitative estimate of drug-likeness (QED) is 0.900. The van der Waals surface area contributed by atoms with E-state index in [-0.39, 0.29) is 25.9 Å². The topological polar surface area (TPSA) is 67.6 Å². The molecule has 0 bridgehead atoms. The number of rotatable bonds is 4. The van der Waals surface area contributed by atoms with Crippen molar-refractivity contribution >= 4 is 5.91 Å². The van der Waals surface area contributed by atoms with Gasteiger partial charge in [-0.2, -0.15) is 14.0 Å². The van der Waals surface area contributed by atoms with Crippen LogP contribution in [0.4, 0.5) is 8.78 Å². The van der Waals surface area contributed by atoms with E-state index in [0.717, 1.165) is 10.5 Å². The maximum atomic E-state index is 14.4. The highest BCUT2D eigenvalue weighted by molar-refractivity contribution is 5.85. The first-order valence-corrected chi connectivity index (χ1v) is 8.44. The van der Waals surface area contributed by atoms with Crippen molar-refractivity contribution in [1.29, 1.82) is 5.26 Å². The van der Waals surface area contributed by atoms with Crippen LogP contribution < -0.4 is 0 Å². The Morgan fingerprint density at radius 1 is 1.32 bits per heavy atom. The van der Waals surface area contributed by atoms with Gasteiger partial charge in [0, 0.05) is 26.2 Å². The number of hydrogen-bond acceptors (Lipinski definition) is 4. The molecule has 1 atom stereocenters. The van der Waals surface area contributed by atoms with E-state index in [1.54, 1.807) is 0 Å². The van der Waals surface area contributed by atoms with Gasteiger partial charge in [0.2, 0.25) is 0 Å². The van der Waals surface area contributed by atoms with Gasteiger partial charge in [-0.3, -0.25) is 9.69 Å². The van der Waals surface area contributed by atoms with Crippen LogP contribution in [0.5, 0.6) is 0 Å². The first-order chi connectivity index (χ1) is 11.9. The Morgan fingerprint density at radius 2 is 2.00 bits per heavy atom. The third-order valence-electron chi connectivity index (χ3n) is 5.19. The normalized spacial score (nSPS) is 23.6. The Bertz CT molecular complexity index is 671. The van der Waals surface area contributed by atoms with Crippen LogP contribution in [0.25, 0.3) is 0 Å². The second kappa shape index (κ2) is 6.70. The summed E-state index contributed by atoms with van der Waals surface area (Å²) in [6, 6.07) is 11.0. The molecule has 134 valence electrons. The number of alkyl halides is 2. The van der Waals surface area contributed by atoms with Crippen LogP contribution in [0.1, 0.15) is 24.8 Å². The number of aliphatic hydroxyl groups is 1. The molecule has 2 aliphatic rings. The molecule has 1 aromatic rings. The highest BCUT2D eigenvalue weighted by Gasteiger charge is 2.62. The molecule has 5 nitrogen and oxygen atoms in total. The number of halogens is 2. The number of piperazine rings is 1. The summed E-state index contributed by atoms with van der Waals surface area (Å²) in [5.74, 6) is -5.17. The molecule has 7 heteroatoms. The van der Waals surface area contributed by atoms with E-state index < -0.39 is 23.5 Å². The van der Waals surface area contributed by atoms with Gasteiger partial charge >= 0.3 is 5.92 Å². The van der Waals surface area contributed by atoms with E-state index in [2.05, 4.69) is 6.07 Å². The Hall–Kier alpha value is -2.04. The maximum absolute atomic E-state index is 14.4. The first-order valence-electron chi connectivity index (χ1n) is 8.44. The smallest absolute Gasteiger partial charge is 0.352 e. The number of carbonyl (C=O) groups excluding carboxylic acids is 1. The minimum Gasteiger partial charge on any atom is -0.383 e. The van der Waals surface area contributed by atoms with E-state index in [1.165, 1.54) is 0 Å². The van der Waals surface area contributed by atoms with Crippen molar-refractivity contribution in [2.45, 2.75) is 43.4 Å². The number of nitriles is 1. The first kappa shape index (κ1) is 17.8. The second-order valence-corrected chi connectivity index (χ2v) is 6.81. The monoisotopic (exact) mass is 349 g/mol. The van der Waals surface area contributed by atoms with E-state index in [9.17, 15) is 23.9 Å². The largest absolute Gasteiger partial charge is 0.383 e. The fraction of sp³-hybridized carbons (Fsp3) is 0.556. The Labute approximate surface area is 145 Å². The van der Waals surface area contributed by atoms with E-state index in [4.69, 9.17) is 0 Å². The molecule has 1 aromatic carbocycles. The van der Waals surface area contributed by atoms with Gasteiger partial charge in [0.15, 0.2) is 0 Å². The van der Waals surface area contributed by atoms with Crippen molar-refractivity contribution in [3.8, 4) is 6.07 Å². The number of benzene rings is 1. The SMILES string of the molecule is N#CC1CN(C(=O)C(F)(F)C2(O)CCC2)CCN1Cc1ccccc1. The lowest BCUT2D eigenvalue weighted by Gasteiger charge is -2.45. The number of nitrogens with zero attached hydrogens (tertiary/aromatic N) is 3. The molecule has 3 rings (SSSR count). The summed E-state index contributed by atoms with van der Waals surface area (Å²) in [5.41, 5.74) is -1.20. The fourth-order valence-corrected chi connectivity index (χ4v) is 3.36. The highest BCUT2D eigenvalue weighted by atomic mass is 19.3. The van der Waals surface area contributed by atoms with Gasteiger partial charge < -0.3 is 10.0 Å². The number of amides is 1. The molecule has 1 amide bonds. The Kier molecular flexibility index (Phi) is 4.76. The van der Waals surface area contributed by atoms with Crippen LogP contribution in [0, 0.1) is 11.3 Å². The minimum absolute atomic E-state index is 0.0681. The van der Waals surface area contributed by atoms with Crippen LogP contribution in [0.3, 0.4) is 0 Å². The van der Waals surface area contributed by atoms with Crippen LogP contribution in [-0.4, -0.2) is 58.0 Å². The highest BCUT2D eigenvalue weighted by Crippen LogP contribution is 2.45. The molecule has 1 N–H and O–H groups in total. The summed E-state index contributed by atoms with van der Waals surface area (Å²) >= 11 is 0. The van der Waals surface area contributed by atoms with Gasteiger partial charge in [-0.05, 0) is 24.8 Å². The summed E-state index contributed by atoms with van der Waals surface area (Å²) < 4.78 is 28.7. The molecule has 0 radical (unpaired) electrons. The molecule has 1 unspecified atom stereocenters. The Balaban J connectivity index is 1.67. The molecule has 1 aliphatic heterocycles. The molecular formula is C18H21F2N3O2. The third kappa shape index (κ3) is 3.24. The zero-order chi connectivity index (χ0) is 18.1. The average Bonchev–Trinajstić information content (AvgIpc) is 2.60. The predicted octanol–water partition coefficient (Wildman–Crippen LogP) is 1.77. The van der Waals surface area contributed by atoms with E-state index >= 15 is 0 Å². The fourth-order valence-electron chi connectivity index (χ4n) is 3.36. The molecular weight excluding hydrogens is 328 g/mol. The summed E-state index contributed by atoms with van der Waals surface area (Å²) in [6.07, 6.45) is 0.355.